The minimum absolute atomic E-state index is 0.111. The zero-order chi connectivity index (χ0) is 15.6. The minimum Gasteiger partial charge on any atom is -0.481 e. The van der Waals surface area contributed by atoms with Gasteiger partial charge in [-0.1, -0.05) is 18.2 Å². The van der Waals surface area contributed by atoms with Gasteiger partial charge in [0.05, 0.1) is 17.9 Å². The van der Waals surface area contributed by atoms with E-state index in [0.717, 1.165) is 11.3 Å². The van der Waals surface area contributed by atoms with Crippen molar-refractivity contribution in [2.75, 3.05) is 18.6 Å². The second-order valence-electron chi connectivity index (χ2n) is 6.01. The van der Waals surface area contributed by atoms with Gasteiger partial charge < -0.3 is 14.7 Å². The van der Waals surface area contributed by atoms with Crippen molar-refractivity contribution in [3.63, 3.8) is 0 Å². The molecule has 0 spiro atoms. The average Bonchev–Trinajstić information content (AvgIpc) is 2.45. The van der Waals surface area contributed by atoms with Gasteiger partial charge in [0.2, 0.25) is 5.91 Å². The molecule has 1 amide bonds. The molecule has 21 heavy (non-hydrogen) atoms. The molecule has 1 aliphatic heterocycles. The second kappa shape index (κ2) is 5.85. The van der Waals surface area contributed by atoms with Gasteiger partial charge in [-0.25, -0.2) is 0 Å². The van der Waals surface area contributed by atoms with Crippen LogP contribution < -0.4 is 4.90 Å². The van der Waals surface area contributed by atoms with Gasteiger partial charge in [-0.05, 0) is 31.9 Å². The van der Waals surface area contributed by atoms with Crippen molar-refractivity contribution in [1.82, 2.24) is 0 Å². The standard InChI is InChI=1S/C16H21NO4/c1-16(2,21-3)9-14(18)17-10-12(15(19)20)8-11-6-4-5-7-13(11)17/h4-7,12H,8-10H2,1-3H3,(H,19,20). The molecule has 0 bridgehead atoms. The Morgan fingerprint density at radius 3 is 2.67 bits per heavy atom. The Bertz CT molecular complexity index is 553. The Hall–Kier alpha value is -1.88. The van der Waals surface area contributed by atoms with Crippen molar-refractivity contribution in [3.8, 4) is 0 Å². The van der Waals surface area contributed by atoms with E-state index in [1.54, 1.807) is 12.0 Å². The molecule has 1 aromatic carbocycles. The zero-order valence-corrected chi connectivity index (χ0v) is 12.6. The van der Waals surface area contributed by atoms with Gasteiger partial charge in [-0.2, -0.15) is 0 Å². The van der Waals surface area contributed by atoms with Gasteiger partial charge in [0, 0.05) is 19.3 Å². The van der Waals surface area contributed by atoms with E-state index in [1.165, 1.54) is 0 Å². The lowest BCUT2D eigenvalue weighted by Gasteiger charge is -2.35. The third-order valence-corrected chi connectivity index (χ3v) is 3.93. The zero-order valence-electron chi connectivity index (χ0n) is 12.6. The third kappa shape index (κ3) is 3.42. The number of carboxylic acid groups (broad SMARTS) is 1. The minimum atomic E-state index is -0.867. The smallest absolute Gasteiger partial charge is 0.308 e. The predicted molar refractivity (Wildman–Crippen MR) is 79.3 cm³/mol. The molecule has 114 valence electrons. The molecule has 5 heteroatoms. The van der Waals surface area contributed by atoms with Crippen LogP contribution in [0.15, 0.2) is 24.3 Å². The fourth-order valence-corrected chi connectivity index (χ4v) is 2.53. The van der Waals surface area contributed by atoms with Crippen molar-refractivity contribution >= 4 is 17.6 Å². The number of carbonyl (C=O) groups excluding carboxylic acids is 1. The first-order valence-corrected chi connectivity index (χ1v) is 7.00. The van der Waals surface area contributed by atoms with Crippen LogP contribution in [0.1, 0.15) is 25.8 Å². The van der Waals surface area contributed by atoms with Gasteiger partial charge in [0.15, 0.2) is 0 Å². The quantitative estimate of drug-likeness (QED) is 0.922. The van der Waals surface area contributed by atoms with Crippen LogP contribution in [0, 0.1) is 5.92 Å². The maximum absolute atomic E-state index is 12.6. The lowest BCUT2D eigenvalue weighted by atomic mass is 9.91. The molecule has 0 aromatic heterocycles. The molecule has 0 saturated heterocycles. The highest BCUT2D eigenvalue weighted by Crippen LogP contribution is 2.31. The number of hydrogen-bond donors (Lipinski definition) is 1. The van der Waals surface area contributed by atoms with Crippen LogP contribution in [-0.2, 0) is 20.7 Å². The summed E-state index contributed by atoms with van der Waals surface area (Å²) in [4.78, 5) is 25.4. The summed E-state index contributed by atoms with van der Waals surface area (Å²) in [5.41, 5.74) is 1.15. The van der Waals surface area contributed by atoms with Gasteiger partial charge in [-0.3, -0.25) is 9.59 Å². The third-order valence-electron chi connectivity index (χ3n) is 3.93. The number of methoxy groups -OCH3 is 1. The van der Waals surface area contributed by atoms with Gasteiger partial charge in [0.25, 0.3) is 0 Å². The lowest BCUT2D eigenvalue weighted by molar-refractivity contribution is -0.141. The summed E-state index contributed by atoms with van der Waals surface area (Å²) >= 11 is 0. The van der Waals surface area contributed by atoms with Crippen LogP contribution in [0.2, 0.25) is 0 Å². The van der Waals surface area contributed by atoms with Crippen molar-refractivity contribution in [2.24, 2.45) is 5.92 Å². The van der Waals surface area contributed by atoms with Gasteiger partial charge in [0.1, 0.15) is 0 Å². The molecule has 1 N–H and O–H groups in total. The number of amides is 1. The molecule has 0 aliphatic carbocycles. The Kier molecular flexibility index (Phi) is 4.32. The molecular formula is C16H21NO4. The van der Waals surface area contributed by atoms with Crippen LogP contribution in [0.3, 0.4) is 0 Å². The first kappa shape index (κ1) is 15.5. The summed E-state index contributed by atoms with van der Waals surface area (Å²) in [5, 5.41) is 9.28. The van der Waals surface area contributed by atoms with E-state index in [1.807, 2.05) is 38.1 Å². The number of nitrogens with zero attached hydrogens (tertiary/aromatic N) is 1. The normalized spacial score (nSPS) is 18.2. The molecule has 1 heterocycles. The summed E-state index contributed by atoms with van der Waals surface area (Å²) in [6, 6.07) is 7.48. The number of rotatable bonds is 4. The second-order valence-corrected chi connectivity index (χ2v) is 6.01. The molecule has 0 radical (unpaired) electrons. The summed E-state index contributed by atoms with van der Waals surface area (Å²) in [6.07, 6.45) is 0.674. The molecule has 5 nitrogen and oxygen atoms in total. The highest BCUT2D eigenvalue weighted by Gasteiger charge is 2.34. The summed E-state index contributed by atoms with van der Waals surface area (Å²) in [6.45, 7) is 3.90. The summed E-state index contributed by atoms with van der Waals surface area (Å²) < 4.78 is 5.30. The monoisotopic (exact) mass is 291 g/mol. The molecule has 1 atom stereocenters. The molecule has 1 aromatic rings. The number of aliphatic carboxylic acids is 1. The van der Waals surface area contributed by atoms with Crippen molar-refractivity contribution in [1.29, 1.82) is 0 Å². The number of hydrogen-bond acceptors (Lipinski definition) is 3. The molecule has 0 fully saturated rings. The van der Waals surface area contributed by atoms with Crippen molar-refractivity contribution in [2.45, 2.75) is 32.3 Å². The number of carboxylic acids is 1. The predicted octanol–water partition coefficient (Wildman–Crippen LogP) is 2.09. The van der Waals surface area contributed by atoms with E-state index in [0.29, 0.717) is 6.42 Å². The van der Waals surface area contributed by atoms with E-state index in [9.17, 15) is 14.7 Å². The first-order valence-electron chi connectivity index (χ1n) is 7.00. The van der Waals surface area contributed by atoms with Gasteiger partial charge in [-0.15, -0.1) is 0 Å². The van der Waals surface area contributed by atoms with E-state index in [-0.39, 0.29) is 18.9 Å². The fourth-order valence-electron chi connectivity index (χ4n) is 2.53. The van der Waals surface area contributed by atoms with Crippen LogP contribution in [0.5, 0.6) is 0 Å². The SMILES string of the molecule is COC(C)(C)CC(=O)N1CC(C(=O)O)Cc2ccccc21. The van der Waals surface area contributed by atoms with Crippen molar-refractivity contribution in [3.05, 3.63) is 29.8 Å². The Morgan fingerprint density at radius 2 is 2.05 bits per heavy atom. The summed E-state index contributed by atoms with van der Waals surface area (Å²) in [7, 11) is 1.57. The van der Waals surface area contributed by atoms with Crippen LogP contribution in [0.4, 0.5) is 5.69 Å². The Labute approximate surface area is 124 Å². The topological polar surface area (TPSA) is 66.8 Å². The van der Waals surface area contributed by atoms with Gasteiger partial charge >= 0.3 is 5.97 Å². The van der Waals surface area contributed by atoms with E-state index in [2.05, 4.69) is 0 Å². The van der Waals surface area contributed by atoms with E-state index >= 15 is 0 Å². The van der Waals surface area contributed by atoms with Crippen LogP contribution in [-0.4, -0.2) is 36.2 Å². The number of benzene rings is 1. The van der Waals surface area contributed by atoms with Crippen LogP contribution >= 0.6 is 0 Å². The van der Waals surface area contributed by atoms with Crippen LogP contribution in [0.25, 0.3) is 0 Å². The number of anilines is 1. The van der Waals surface area contributed by atoms with Crippen molar-refractivity contribution < 1.29 is 19.4 Å². The summed E-state index contributed by atoms with van der Waals surface area (Å²) in [5.74, 6) is -1.54. The van der Waals surface area contributed by atoms with E-state index < -0.39 is 17.5 Å². The Balaban J connectivity index is 2.29. The number of ether oxygens (including phenoxy) is 1. The maximum atomic E-state index is 12.6. The first-order chi connectivity index (χ1) is 9.84. The maximum Gasteiger partial charge on any atom is 0.308 e. The molecule has 1 unspecified atom stereocenters. The number of para-hydroxylation sites is 1. The largest absolute Gasteiger partial charge is 0.481 e. The Morgan fingerprint density at radius 1 is 1.38 bits per heavy atom. The lowest BCUT2D eigenvalue weighted by Crippen LogP contribution is -2.45. The number of carbonyl (C=O) groups is 2. The van der Waals surface area contributed by atoms with E-state index in [4.69, 9.17) is 4.74 Å². The molecule has 2 rings (SSSR count). The molecule has 1 aliphatic rings. The molecular weight excluding hydrogens is 270 g/mol. The highest BCUT2D eigenvalue weighted by molar-refractivity contribution is 5.96. The highest BCUT2D eigenvalue weighted by atomic mass is 16.5. The fraction of sp³-hybridized carbons (Fsp3) is 0.500. The average molecular weight is 291 g/mol. The number of fused-ring (bicyclic) bond motifs is 1. The molecule has 0 saturated carbocycles.